The van der Waals surface area contributed by atoms with Gasteiger partial charge in [-0.15, -0.1) is 0 Å². The van der Waals surface area contributed by atoms with Crippen LogP contribution in [-0.2, 0) is 52.0 Å². The number of methoxy groups -OCH3 is 2. The van der Waals surface area contributed by atoms with Gasteiger partial charge < -0.3 is 37.6 Å². The second-order valence-corrected chi connectivity index (χ2v) is 16.7. The Morgan fingerprint density at radius 2 is 1.42 bits per heavy atom. The van der Waals surface area contributed by atoms with Gasteiger partial charge in [-0.05, 0) is 54.8 Å². The van der Waals surface area contributed by atoms with Crippen LogP contribution < -0.4 is 36.9 Å². The van der Waals surface area contributed by atoms with E-state index in [2.05, 4.69) is 9.97 Å². The van der Waals surface area contributed by atoms with E-state index in [1.54, 1.807) is 38.5 Å². The first kappa shape index (κ1) is 44.1. The number of hydrogen-bond donors (Lipinski definition) is 2. The van der Waals surface area contributed by atoms with Gasteiger partial charge in [0.1, 0.15) is 48.4 Å². The van der Waals surface area contributed by atoms with Crippen molar-refractivity contribution in [3.63, 3.8) is 0 Å². The number of aryl methyl sites for hydroxylation is 2. The van der Waals surface area contributed by atoms with E-state index in [1.807, 2.05) is 54.6 Å². The fraction of sp³-hybridized carbons (Fsp3) is 0.341. The largest absolute Gasteiger partial charge is 0.780 e. The molecule has 2 aromatic heterocycles. The van der Waals surface area contributed by atoms with E-state index < -0.39 is 71.9 Å². The highest BCUT2D eigenvalue weighted by molar-refractivity contribution is 8.06. The number of carbonyl (C=O) groups excluding carboxylic acids is 1. The zero-order chi connectivity index (χ0) is 43.2. The number of nitrogens with zero attached hydrogens (tertiary/aromatic N) is 2. The van der Waals surface area contributed by atoms with Gasteiger partial charge in [-0.3, -0.25) is 33.5 Å². The summed E-state index contributed by atoms with van der Waals surface area (Å²) in [6.07, 6.45) is -1.66. The molecule has 0 saturated carbocycles. The maximum atomic E-state index is 14.2. The molecule has 1 aliphatic heterocycles. The number of ether oxygens (including phenoxy) is 5. The van der Waals surface area contributed by atoms with Crippen LogP contribution in [0.2, 0.25) is 0 Å². The Balaban J connectivity index is 1.34. The highest BCUT2D eigenvalue weighted by Crippen LogP contribution is 2.45. The third-order valence-electron chi connectivity index (χ3n) is 9.88. The summed E-state index contributed by atoms with van der Waals surface area (Å²) in [7, 11) is 3.11. The number of benzene rings is 3. The van der Waals surface area contributed by atoms with Gasteiger partial charge in [-0.25, -0.2) is 9.59 Å². The predicted molar refractivity (Wildman–Crippen MR) is 220 cm³/mol. The summed E-state index contributed by atoms with van der Waals surface area (Å²) in [6.45, 7) is -1.46. The molecule has 3 aromatic carbocycles. The van der Waals surface area contributed by atoms with Crippen molar-refractivity contribution in [3.8, 4) is 11.5 Å². The van der Waals surface area contributed by atoms with Crippen LogP contribution in [0.15, 0.2) is 110 Å². The molecule has 17 nitrogen and oxygen atoms in total. The van der Waals surface area contributed by atoms with Crippen molar-refractivity contribution < 1.29 is 42.4 Å². The molecule has 2 N–H and O–H groups in total. The third kappa shape index (κ3) is 10.1. The fourth-order valence-electron chi connectivity index (χ4n) is 6.92. The SMILES string of the molecule is COc1ccc(C(OCC(Cn2cc(C)c(=O)[nH]c2=O)OP([O-])(=S)OCC2OC(n3cc(C)c(=O)[nH]c3=O)CC2OC(C)=O)(c2ccccc2)c2ccc(OC)cc2)cc1. The lowest BCUT2D eigenvalue weighted by Crippen LogP contribution is -2.40. The van der Waals surface area contributed by atoms with Gasteiger partial charge in [0.2, 0.25) is 0 Å². The van der Waals surface area contributed by atoms with Crippen LogP contribution >= 0.6 is 6.72 Å². The third-order valence-corrected chi connectivity index (χ3v) is 11.5. The Morgan fingerprint density at radius 3 is 1.98 bits per heavy atom. The quantitative estimate of drug-likeness (QED) is 0.0782. The van der Waals surface area contributed by atoms with E-state index in [4.69, 9.17) is 44.5 Å². The predicted octanol–water partition coefficient (Wildman–Crippen LogP) is 2.94. The van der Waals surface area contributed by atoms with Crippen molar-refractivity contribution in [1.29, 1.82) is 0 Å². The van der Waals surface area contributed by atoms with Gasteiger partial charge >= 0.3 is 17.3 Å². The lowest BCUT2D eigenvalue weighted by atomic mass is 9.80. The minimum Gasteiger partial charge on any atom is -0.780 e. The van der Waals surface area contributed by atoms with Crippen LogP contribution in [0.1, 0.15) is 47.4 Å². The summed E-state index contributed by atoms with van der Waals surface area (Å²) in [5, 5.41) is 0. The van der Waals surface area contributed by atoms with Crippen molar-refractivity contribution in [2.45, 2.75) is 63.9 Å². The van der Waals surface area contributed by atoms with Gasteiger partial charge in [-0.2, -0.15) is 0 Å². The molecule has 0 amide bonds. The molecule has 60 heavy (non-hydrogen) atoms. The van der Waals surface area contributed by atoms with E-state index >= 15 is 0 Å². The van der Waals surface area contributed by atoms with Crippen molar-refractivity contribution in [3.05, 3.63) is 161 Å². The number of nitrogens with one attached hydrogen (secondary N) is 2. The second-order valence-electron chi connectivity index (χ2n) is 14.0. The van der Waals surface area contributed by atoms with Crippen LogP contribution in [0.25, 0.3) is 0 Å². The van der Waals surface area contributed by atoms with Crippen LogP contribution in [0.5, 0.6) is 11.5 Å². The van der Waals surface area contributed by atoms with Crippen molar-refractivity contribution in [2.75, 3.05) is 27.4 Å². The Hall–Kier alpha value is -5.46. The molecule has 0 spiro atoms. The van der Waals surface area contributed by atoms with E-state index in [1.165, 1.54) is 37.7 Å². The van der Waals surface area contributed by atoms with Gasteiger partial charge in [-0.1, -0.05) is 66.4 Å². The Morgan fingerprint density at radius 1 is 0.867 bits per heavy atom. The molecule has 1 fully saturated rings. The highest BCUT2D eigenvalue weighted by atomic mass is 32.5. The van der Waals surface area contributed by atoms with Gasteiger partial charge in [0, 0.05) is 36.9 Å². The maximum Gasteiger partial charge on any atom is 0.330 e. The Kier molecular flexibility index (Phi) is 13.9. The molecule has 318 valence electrons. The molecular formula is C41H44N4O13PS-. The van der Waals surface area contributed by atoms with Crippen molar-refractivity contribution in [1.82, 2.24) is 19.1 Å². The van der Waals surface area contributed by atoms with E-state index in [0.29, 0.717) is 28.2 Å². The van der Waals surface area contributed by atoms with Crippen LogP contribution in [0.4, 0.5) is 0 Å². The molecule has 5 unspecified atom stereocenters. The summed E-state index contributed by atoms with van der Waals surface area (Å²) in [4.78, 5) is 80.7. The van der Waals surface area contributed by atoms with Gasteiger partial charge in [0.15, 0.2) is 0 Å². The lowest BCUT2D eigenvalue weighted by molar-refractivity contribution is -0.217. The summed E-state index contributed by atoms with van der Waals surface area (Å²) in [5.74, 6) is 0.553. The first-order valence-electron chi connectivity index (χ1n) is 18.7. The first-order valence-corrected chi connectivity index (χ1v) is 21.3. The summed E-state index contributed by atoms with van der Waals surface area (Å²) in [6, 6.07) is 23.9. The molecule has 5 atom stereocenters. The number of esters is 1. The molecule has 19 heteroatoms. The first-order chi connectivity index (χ1) is 28.6. The molecule has 6 rings (SSSR count). The smallest absolute Gasteiger partial charge is 0.330 e. The van der Waals surface area contributed by atoms with Gasteiger partial charge in [0.25, 0.3) is 11.1 Å². The van der Waals surface area contributed by atoms with E-state index in [0.717, 1.165) is 4.57 Å². The molecule has 0 radical (unpaired) electrons. The number of H-pyrrole nitrogens is 2. The normalized spacial score (nSPS) is 18.1. The zero-order valence-corrected chi connectivity index (χ0v) is 35.1. The zero-order valence-electron chi connectivity index (χ0n) is 33.4. The molecule has 0 aliphatic carbocycles. The molecule has 1 aliphatic rings. The van der Waals surface area contributed by atoms with Crippen LogP contribution in [0.3, 0.4) is 0 Å². The average molecular weight is 864 g/mol. The maximum absolute atomic E-state index is 14.2. The molecule has 5 aromatic rings. The monoisotopic (exact) mass is 863 g/mol. The topological polar surface area (TPSA) is 214 Å². The van der Waals surface area contributed by atoms with Crippen molar-refractivity contribution in [2.24, 2.45) is 0 Å². The number of aromatic amines is 2. The molecule has 1 saturated heterocycles. The Bertz CT molecular complexity index is 2530. The number of carbonyl (C=O) groups is 1. The second kappa shape index (κ2) is 18.9. The van der Waals surface area contributed by atoms with E-state index in [9.17, 15) is 28.9 Å². The molecule has 3 heterocycles. The number of aromatic nitrogens is 4. The summed E-state index contributed by atoms with van der Waals surface area (Å²) >= 11 is 5.42. The van der Waals surface area contributed by atoms with Gasteiger partial charge in [0.05, 0.1) is 34.0 Å². The number of hydrogen-bond acceptors (Lipinski definition) is 14. The minimum atomic E-state index is -4.52. The van der Waals surface area contributed by atoms with Crippen LogP contribution in [-0.4, -0.2) is 70.8 Å². The number of rotatable bonds is 17. The highest BCUT2D eigenvalue weighted by Gasteiger charge is 2.41. The molecular weight excluding hydrogens is 820 g/mol. The summed E-state index contributed by atoms with van der Waals surface area (Å²) in [5.41, 5.74) is -1.50. The summed E-state index contributed by atoms with van der Waals surface area (Å²) < 4.78 is 43.5. The van der Waals surface area contributed by atoms with E-state index in [-0.39, 0.29) is 30.7 Å². The lowest BCUT2D eigenvalue weighted by Gasteiger charge is -2.39. The van der Waals surface area contributed by atoms with Crippen LogP contribution in [0, 0.1) is 13.8 Å². The molecule has 0 bridgehead atoms. The fourth-order valence-corrected chi connectivity index (χ4v) is 8.35. The average Bonchev–Trinajstić information content (AvgIpc) is 3.62. The Labute approximate surface area is 348 Å². The standard InChI is InChI=1S/C41H45N4O13PS/c1-25-20-44(39(49)42-37(25)47)22-33(58-59(51,60)55-24-35-34(56-27(3)46)19-36(57-35)45-21-26(2)38(48)43-40(45)50)23-54-41(28-9-7-6-8-10-28,29-11-15-31(52-4)16-12-29)30-13-17-32(53-5)18-14-30/h6-18,20-21,33-36H,19,22-24H2,1-5H3,(H,51,60)(H,42,47,49)(H,43,48,50)/p-1. The minimum absolute atomic E-state index is 0.00911. The van der Waals surface area contributed by atoms with Crippen molar-refractivity contribution >= 4 is 24.5 Å².